The van der Waals surface area contributed by atoms with Crippen LogP contribution in [-0.4, -0.2) is 17.2 Å². The monoisotopic (exact) mass is 400 g/mol. The maximum atomic E-state index is 12.9. The third-order valence-electron chi connectivity index (χ3n) is 4.30. The van der Waals surface area contributed by atoms with E-state index in [-0.39, 0.29) is 11.1 Å². The smallest absolute Gasteiger partial charge is 0.383 e. The number of halogens is 4. The predicted molar refractivity (Wildman–Crippen MR) is 97.8 cm³/mol. The standard InChI is InChI=1S/C17H16ClF3N4S/c18-14-4-1-10(17(19,20)21)6-15(14)26-25-11-2-3-12-9(5-11)8-24-16(23)13(12)7-22/h1,4,6-8,11,22,25H,2-3,5H2,(H2,23,24). The molecular formula is C17H16ClF3N4S. The Morgan fingerprint density at radius 1 is 1.38 bits per heavy atom. The second kappa shape index (κ2) is 7.46. The lowest BCUT2D eigenvalue weighted by Gasteiger charge is -2.26. The molecule has 1 aliphatic rings. The number of rotatable bonds is 4. The third-order valence-corrected chi connectivity index (χ3v) is 5.75. The van der Waals surface area contributed by atoms with Crippen molar-refractivity contribution in [1.82, 2.24) is 9.71 Å². The van der Waals surface area contributed by atoms with Crippen molar-refractivity contribution in [1.29, 1.82) is 5.41 Å². The first-order valence-electron chi connectivity index (χ1n) is 7.85. The molecule has 0 saturated carbocycles. The molecule has 1 aromatic heterocycles. The van der Waals surface area contributed by atoms with Crippen molar-refractivity contribution >= 4 is 35.6 Å². The van der Waals surface area contributed by atoms with Gasteiger partial charge in [-0.2, -0.15) is 13.2 Å². The van der Waals surface area contributed by atoms with Gasteiger partial charge >= 0.3 is 6.18 Å². The summed E-state index contributed by atoms with van der Waals surface area (Å²) < 4.78 is 41.8. The van der Waals surface area contributed by atoms with Crippen molar-refractivity contribution in [2.45, 2.75) is 36.4 Å². The van der Waals surface area contributed by atoms with Gasteiger partial charge in [0, 0.05) is 28.9 Å². The number of anilines is 1. The van der Waals surface area contributed by atoms with E-state index >= 15 is 0 Å². The van der Waals surface area contributed by atoms with E-state index < -0.39 is 11.7 Å². The third kappa shape index (κ3) is 3.97. The van der Waals surface area contributed by atoms with Crippen LogP contribution in [0.25, 0.3) is 0 Å². The Hall–Kier alpha value is -1.77. The molecule has 0 fully saturated rings. The summed E-state index contributed by atoms with van der Waals surface area (Å²) >= 11 is 7.12. The zero-order valence-electron chi connectivity index (χ0n) is 13.5. The molecule has 4 nitrogen and oxygen atoms in total. The minimum atomic E-state index is -4.40. The molecule has 1 aromatic carbocycles. The molecule has 1 heterocycles. The Bertz CT molecular complexity index is 841. The fourth-order valence-corrected chi connectivity index (χ4v) is 4.03. The van der Waals surface area contributed by atoms with Crippen molar-refractivity contribution in [2.24, 2.45) is 0 Å². The predicted octanol–water partition coefficient (Wildman–Crippen LogP) is 4.49. The molecule has 0 aliphatic heterocycles. The molecule has 1 unspecified atom stereocenters. The van der Waals surface area contributed by atoms with E-state index in [1.807, 2.05) is 0 Å². The molecular weight excluding hydrogens is 385 g/mol. The van der Waals surface area contributed by atoms with Gasteiger partial charge in [-0.25, -0.2) is 4.98 Å². The number of nitrogens with zero attached hydrogens (tertiary/aromatic N) is 1. The van der Waals surface area contributed by atoms with Crippen molar-refractivity contribution in [3.05, 3.63) is 51.7 Å². The van der Waals surface area contributed by atoms with Crippen LogP contribution in [0.1, 0.15) is 28.7 Å². The summed E-state index contributed by atoms with van der Waals surface area (Å²) in [6.45, 7) is 0. The van der Waals surface area contributed by atoms with E-state index in [2.05, 4.69) is 9.71 Å². The van der Waals surface area contributed by atoms with Crippen LogP contribution in [0.3, 0.4) is 0 Å². The molecule has 0 bridgehead atoms. The number of nitrogen functional groups attached to an aromatic ring is 1. The SMILES string of the molecule is N=Cc1c(N)ncc2c1CCC(NSc1cc(C(F)(F)F)ccc1Cl)C2. The second-order valence-corrected chi connectivity index (χ2v) is 7.29. The second-order valence-electron chi connectivity index (χ2n) is 6.01. The Balaban J connectivity index is 1.72. The number of nitrogens with two attached hydrogens (primary N) is 1. The average Bonchev–Trinajstić information content (AvgIpc) is 2.60. The highest BCUT2D eigenvalue weighted by molar-refractivity contribution is 7.97. The van der Waals surface area contributed by atoms with Crippen LogP contribution >= 0.6 is 23.5 Å². The summed E-state index contributed by atoms with van der Waals surface area (Å²) in [5, 5.41) is 7.76. The van der Waals surface area contributed by atoms with Crippen LogP contribution in [-0.2, 0) is 19.0 Å². The molecule has 138 valence electrons. The number of hydrogen-bond donors (Lipinski definition) is 3. The van der Waals surface area contributed by atoms with Crippen LogP contribution in [0, 0.1) is 5.41 Å². The van der Waals surface area contributed by atoms with Gasteiger partial charge in [0.25, 0.3) is 0 Å². The number of alkyl halides is 3. The topological polar surface area (TPSA) is 74.8 Å². The highest BCUT2D eigenvalue weighted by Gasteiger charge is 2.31. The van der Waals surface area contributed by atoms with Gasteiger partial charge in [-0.1, -0.05) is 11.6 Å². The van der Waals surface area contributed by atoms with Gasteiger partial charge in [0.2, 0.25) is 0 Å². The van der Waals surface area contributed by atoms with Gasteiger partial charge in [-0.3, -0.25) is 4.72 Å². The Morgan fingerprint density at radius 3 is 2.85 bits per heavy atom. The maximum Gasteiger partial charge on any atom is 0.416 e. The van der Waals surface area contributed by atoms with Gasteiger partial charge in [-0.15, -0.1) is 0 Å². The van der Waals surface area contributed by atoms with Crippen LogP contribution in [0.4, 0.5) is 19.0 Å². The van der Waals surface area contributed by atoms with Crippen molar-refractivity contribution in [3.8, 4) is 0 Å². The number of pyridine rings is 1. The minimum Gasteiger partial charge on any atom is -0.383 e. The van der Waals surface area contributed by atoms with Gasteiger partial charge < -0.3 is 11.1 Å². The summed E-state index contributed by atoms with van der Waals surface area (Å²) in [4.78, 5) is 4.45. The molecule has 1 aliphatic carbocycles. The molecule has 0 radical (unpaired) electrons. The van der Waals surface area contributed by atoms with Gasteiger partial charge in [-0.05, 0) is 60.5 Å². The number of aromatic nitrogens is 1. The number of fused-ring (bicyclic) bond motifs is 1. The number of benzene rings is 1. The van der Waals surface area contributed by atoms with E-state index in [0.29, 0.717) is 22.7 Å². The normalized spacial score (nSPS) is 17.0. The first-order chi connectivity index (χ1) is 12.3. The van der Waals surface area contributed by atoms with Crippen LogP contribution in [0.5, 0.6) is 0 Å². The van der Waals surface area contributed by atoms with Crippen molar-refractivity contribution < 1.29 is 13.2 Å². The zero-order chi connectivity index (χ0) is 18.9. The summed E-state index contributed by atoms with van der Waals surface area (Å²) in [6, 6.07) is 3.33. The molecule has 0 saturated heterocycles. The molecule has 2 aromatic rings. The molecule has 1 atom stereocenters. The molecule has 0 spiro atoms. The Morgan fingerprint density at radius 2 is 2.15 bits per heavy atom. The quantitative estimate of drug-likeness (QED) is 0.522. The van der Waals surface area contributed by atoms with E-state index in [1.165, 1.54) is 12.3 Å². The summed E-state index contributed by atoms with van der Waals surface area (Å²) in [5.41, 5.74) is 7.74. The molecule has 4 N–H and O–H groups in total. The zero-order valence-corrected chi connectivity index (χ0v) is 15.1. The van der Waals surface area contributed by atoms with Gasteiger partial charge in [0.05, 0.1) is 10.6 Å². The number of hydrogen-bond acceptors (Lipinski definition) is 5. The van der Waals surface area contributed by atoms with Gasteiger partial charge in [0.1, 0.15) is 5.82 Å². The van der Waals surface area contributed by atoms with E-state index in [4.69, 9.17) is 22.7 Å². The van der Waals surface area contributed by atoms with E-state index in [0.717, 1.165) is 48.0 Å². The van der Waals surface area contributed by atoms with Crippen LogP contribution < -0.4 is 10.5 Å². The van der Waals surface area contributed by atoms with E-state index in [1.54, 1.807) is 6.20 Å². The average molecular weight is 401 g/mol. The van der Waals surface area contributed by atoms with Crippen molar-refractivity contribution in [2.75, 3.05) is 5.73 Å². The lowest BCUT2D eigenvalue weighted by molar-refractivity contribution is -0.137. The molecule has 26 heavy (non-hydrogen) atoms. The summed E-state index contributed by atoms with van der Waals surface area (Å²) in [7, 11) is 0. The fraction of sp³-hybridized carbons (Fsp3) is 0.294. The number of nitrogens with one attached hydrogen (secondary N) is 2. The minimum absolute atomic E-state index is 0.0575. The highest BCUT2D eigenvalue weighted by Crippen LogP contribution is 2.35. The first-order valence-corrected chi connectivity index (χ1v) is 9.05. The Kier molecular flexibility index (Phi) is 5.45. The molecule has 0 amide bonds. The summed E-state index contributed by atoms with van der Waals surface area (Å²) in [6.07, 6.45) is 0.674. The first kappa shape index (κ1) is 19.0. The summed E-state index contributed by atoms with van der Waals surface area (Å²) in [5.74, 6) is 0.343. The highest BCUT2D eigenvalue weighted by atomic mass is 35.5. The molecule has 3 rings (SSSR count). The largest absolute Gasteiger partial charge is 0.416 e. The Labute approximate surface area is 158 Å². The van der Waals surface area contributed by atoms with Gasteiger partial charge in [0.15, 0.2) is 0 Å². The lowest BCUT2D eigenvalue weighted by Crippen LogP contribution is -2.31. The van der Waals surface area contributed by atoms with Crippen LogP contribution in [0.2, 0.25) is 5.02 Å². The van der Waals surface area contributed by atoms with Crippen molar-refractivity contribution in [3.63, 3.8) is 0 Å². The maximum absolute atomic E-state index is 12.9. The van der Waals surface area contributed by atoms with E-state index in [9.17, 15) is 13.2 Å². The van der Waals surface area contributed by atoms with Crippen LogP contribution in [0.15, 0.2) is 29.3 Å². The fourth-order valence-electron chi connectivity index (χ4n) is 2.95. The molecule has 9 heteroatoms. The lowest BCUT2D eigenvalue weighted by atomic mass is 9.87.